The SMILES string of the molecule is Ic1cc(-c2cccnc2)cc(I)n1. The Hall–Kier alpha value is -0.240. The van der Waals surface area contributed by atoms with Crippen molar-refractivity contribution < 1.29 is 0 Å². The first kappa shape index (κ1) is 10.3. The van der Waals surface area contributed by atoms with Crippen molar-refractivity contribution in [3.63, 3.8) is 0 Å². The molecule has 0 saturated carbocycles. The van der Waals surface area contributed by atoms with Gasteiger partial charge < -0.3 is 0 Å². The quantitative estimate of drug-likeness (QED) is 0.535. The van der Waals surface area contributed by atoms with Crippen LogP contribution in [0, 0.1) is 7.40 Å². The first-order valence-corrected chi connectivity index (χ1v) is 6.15. The zero-order valence-corrected chi connectivity index (χ0v) is 11.4. The Morgan fingerprint density at radius 1 is 1.00 bits per heavy atom. The summed E-state index contributed by atoms with van der Waals surface area (Å²) in [5.41, 5.74) is 2.30. The summed E-state index contributed by atoms with van der Waals surface area (Å²) in [5, 5.41) is 0. The van der Waals surface area contributed by atoms with E-state index in [0.717, 1.165) is 13.0 Å². The van der Waals surface area contributed by atoms with E-state index in [1.165, 1.54) is 5.56 Å². The second kappa shape index (κ2) is 4.52. The van der Waals surface area contributed by atoms with E-state index < -0.39 is 0 Å². The van der Waals surface area contributed by atoms with Gasteiger partial charge >= 0.3 is 0 Å². The molecule has 0 aliphatic carbocycles. The molecule has 4 heteroatoms. The van der Waals surface area contributed by atoms with Crippen molar-refractivity contribution >= 4 is 45.2 Å². The third-order valence-electron chi connectivity index (χ3n) is 1.76. The summed E-state index contributed by atoms with van der Waals surface area (Å²) < 4.78 is 2.02. The Morgan fingerprint density at radius 2 is 1.71 bits per heavy atom. The molecule has 0 aromatic carbocycles. The van der Waals surface area contributed by atoms with Gasteiger partial charge in [0.25, 0.3) is 0 Å². The summed E-state index contributed by atoms with van der Waals surface area (Å²) >= 11 is 4.44. The molecule has 0 fully saturated rings. The zero-order valence-electron chi connectivity index (χ0n) is 7.11. The molecule has 0 N–H and O–H groups in total. The van der Waals surface area contributed by atoms with Crippen LogP contribution in [0.5, 0.6) is 0 Å². The molecule has 2 aromatic rings. The molecular weight excluding hydrogens is 402 g/mol. The molecule has 0 aliphatic rings. The summed E-state index contributed by atoms with van der Waals surface area (Å²) in [6, 6.07) is 8.10. The van der Waals surface area contributed by atoms with Crippen LogP contribution in [-0.4, -0.2) is 9.97 Å². The molecule has 0 aliphatic heterocycles. The minimum Gasteiger partial charge on any atom is -0.264 e. The van der Waals surface area contributed by atoms with Crippen LogP contribution in [-0.2, 0) is 0 Å². The molecule has 0 unspecified atom stereocenters. The first-order valence-electron chi connectivity index (χ1n) is 3.99. The van der Waals surface area contributed by atoms with Crippen LogP contribution < -0.4 is 0 Å². The Labute approximate surface area is 109 Å². The molecule has 70 valence electrons. The molecule has 2 aromatic heterocycles. The maximum absolute atomic E-state index is 4.31. The zero-order chi connectivity index (χ0) is 9.97. The van der Waals surface area contributed by atoms with Crippen molar-refractivity contribution in [2.75, 3.05) is 0 Å². The maximum atomic E-state index is 4.31. The molecule has 2 heterocycles. The Kier molecular flexibility index (Phi) is 3.32. The smallest absolute Gasteiger partial charge is 0.103 e. The van der Waals surface area contributed by atoms with Crippen LogP contribution >= 0.6 is 45.2 Å². The molecule has 0 bridgehead atoms. The summed E-state index contributed by atoms with van der Waals surface area (Å²) in [6.45, 7) is 0. The van der Waals surface area contributed by atoms with Gasteiger partial charge in [-0.1, -0.05) is 6.07 Å². The first-order chi connectivity index (χ1) is 6.75. The van der Waals surface area contributed by atoms with Crippen LogP contribution in [0.25, 0.3) is 11.1 Å². The van der Waals surface area contributed by atoms with Crippen LogP contribution in [0.3, 0.4) is 0 Å². The molecule has 0 saturated heterocycles. The van der Waals surface area contributed by atoms with Gasteiger partial charge in [0.15, 0.2) is 0 Å². The highest BCUT2D eigenvalue weighted by atomic mass is 127. The maximum Gasteiger partial charge on any atom is 0.103 e. The molecule has 14 heavy (non-hydrogen) atoms. The fourth-order valence-electron chi connectivity index (χ4n) is 1.17. The molecule has 2 rings (SSSR count). The van der Waals surface area contributed by atoms with E-state index in [9.17, 15) is 0 Å². The lowest BCUT2D eigenvalue weighted by molar-refractivity contribution is 1.22. The number of nitrogens with zero attached hydrogens (tertiary/aromatic N) is 2. The van der Waals surface area contributed by atoms with E-state index in [1.807, 2.05) is 12.3 Å². The highest BCUT2D eigenvalue weighted by Crippen LogP contribution is 2.21. The van der Waals surface area contributed by atoms with Gasteiger partial charge in [-0.3, -0.25) is 4.98 Å². The van der Waals surface area contributed by atoms with Gasteiger partial charge in [0, 0.05) is 18.0 Å². The number of aromatic nitrogens is 2. The minimum absolute atomic E-state index is 1.01. The van der Waals surface area contributed by atoms with Gasteiger partial charge in [0.2, 0.25) is 0 Å². The highest BCUT2D eigenvalue weighted by molar-refractivity contribution is 14.1. The Balaban J connectivity index is 2.52. The standard InChI is InChI=1S/C10H6I2N2/c11-9-4-8(5-10(12)14-9)7-2-1-3-13-6-7/h1-6H. The minimum atomic E-state index is 1.01. The van der Waals surface area contributed by atoms with Crippen LogP contribution in [0.1, 0.15) is 0 Å². The third-order valence-corrected chi connectivity index (χ3v) is 2.86. The monoisotopic (exact) mass is 408 g/mol. The van der Waals surface area contributed by atoms with E-state index in [-0.39, 0.29) is 0 Å². The lowest BCUT2D eigenvalue weighted by Gasteiger charge is -2.01. The van der Waals surface area contributed by atoms with Gasteiger partial charge in [0.05, 0.1) is 0 Å². The van der Waals surface area contributed by atoms with E-state index >= 15 is 0 Å². The summed E-state index contributed by atoms with van der Waals surface area (Å²) in [5.74, 6) is 0. The average molecular weight is 408 g/mol. The number of hydrogen-bond donors (Lipinski definition) is 0. The van der Waals surface area contributed by atoms with Crippen molar-refractivity contribution in [3.8, 4) is 11.1 Å². The van der Waals surface area contributed by atoms with Crippen molar-refractivity contribution in [1.82, 2.24) is 9.97 Å². The highest BCUT2D eigenvalue weighted by Gasteiger charge is 2.00. The molecule has 0 atom stereocenters. The summed E-state index contributed by atoms with van der Waals surface area (Å²) in [7, 11) is 0. The number of halogens is 2. The fourth-order valence-corrected chi connectivity index (χ4v) is 2.82. The van der Waals surface area contributed by atoms with Gasteiger partial charge in [-0.15, -0.1) is 0 Å². The lowest BCUT2D eigenvalue weighted by atomic mass is 10.1. The van der Waals surface area contributed by atoms with E-state index in [0.29, 0.717) is 0 Å². The van der Waals surface area contributed by atoms with E-state index in [2.05, 4.69) is 73.3 Å². The number of hydrogen-bond acceptors (Lipinski definition) is 2. The van der Waals surface area contributed by atoms with Gasteiger partial charge in [-0.25, -0.2) is 4.98 Å². The molecule has 0 spiro atoms. The predicted molar refractivity (Wildman–Crippen MR) is 72.9 cm³/mol. The van der Waals surface area contributed by atoms with E-state index in [4.69, 9.17) is 0 Å². The fraction of sp³-hybridized carbons (Fsp3) is 0. The van der Waals surface area contributed by atoms with Gasteiger partial charge in [0.1, 0.15) is 7.40 Å². The second-order valence-corrected chi connectivity index (χ2v) is 4.95. The van der Waals surface area contributed by atoms with Gasteiger partial charge in [-0.05, 0) is 68.9 Å². The topological polar surface area (TPSA) is 25.8 Å². The lowest BCUT2D eigenvalue weighted by Crippen LogP contribution is -1.87. The average Bonchev–Trinajstić information content (AvgIpc) is 2.18. The summed E-state index contributed by atoms with van der Waals surface area (Å²) in [6.07, 6.45) is 3.64. The second-order valence-electron chi connectivity index (χ2n) is 2.74. The molecule has 2 nitrogen and oxygen atoms in total. The van der Waals surface area contributed by atoms with Crippen LogP contribution in [0.15, 0.2) is 36.7 Å². The van der Waals surface area contributed by atoms with Gasteiger partial charge in [-0.2, -0.15) is 0 Å². The third kappa shape index (κ3) is 2.41. The Morgan fingerprint density at radius 3 is 2.29 bits per heavy atom. The van der Waals surface area contributed by atoms with E-state index in [1.54, 1.807) is 6.20 Å². The van der Waals surface area contributed by atoms with Crippen LogP contribution in [0.2, 0.25) is 0 Å². The van der Waals surface area contributed by atoms with Crippen LogP contribution in [0.4, 0.5) is 0 Å². The molecular formula is C10H6I2N2. The number of rotatable bonds is 1. The summed E-state index contributed by atoms with van der Waals surface area (Å²) in [4.78, 5) is 8.41. The largest absolute Gasteiger partial charge is 0.264 e. The Bertz CT molecular complexity index is 423. The number of pyridine rings is 2. The van der Waals surface area contributed by atoms with Crippen molar-refractivity contribution in [3.05, 3.63) is 44.1 Å². The normalized spacial score (nSPS) is 10.1. The molecule has 0 amide bonds. The van der Waals surface area contributed by atoms with Crippen molar-refractivity contribution in [2.45, 2.75) is 0 Å². The predicted octanol–water partition coefficient (Wildman–Crippen LogP) is 3.35. The molecule has 0 radical (unpaired) electrons. The van der Waals surface area contributed by atoms with Crippen molar-refractivity contribution in [1.29, 1.82) is 0 Å². The van der Waals surface area contributed by atoms with Crippen molar-refractivity contribution in [2.24, 2.45) is 0 Å².